The van der Waals surface area contributed by atoms with Gasteiger partial charge in [-0.1, -0.05) is 0 Å². The maximum absolute atomic E-state index is 11.6. The van der Waals surface area contributed by atoms with Gasteiger partial charge in [-0.2, -0.15) is 0 Å². The van der Waals surface area contributed by atoms with Gasteiger partial charge in [-0.15, -0.1) is 0 Å². The zero-order chi connectivity index (χ0) is 13.2. The summed E-state index contributed by atoms with van der Waals surface area (Å²) < 4.78 is 5.45. The number of nitrogens with one attached hydrogen (secondary N) is 3. The van der Waals surface area contributed by atoms with Gasteiger partial charge in [0.05, 0.1) is 5.60 Å². The largest absolute Gasteiger partial charge is 0.363 e. The van der Waals surface area contributed by atoms with Crippen LogP contribution in [-0.2, 0) is 19.1 Å². The van der Waals surface area contributed by atoms with E-state index >= 15 is 0 Å². The Morgan fingerprint density at radius 1 is 1.50 bits per heavy atom. The van der Waals surface area contributed by atoms with Crippen molar-refractivity contribution in [2.75, 3.05) is 19.7 Å². The fourth-order valence-corrected chi connectivity index (χ4v) is 1.89. The molecule has 0 saturated carbocycles. The number of ether oxygens (including phenoxy) is 1. The van der Waals surface area contributed by atoms with Crippen LogP contribution in [0.1, 0.15) is 19.8 Å². The molecular weight excluding hydrogens is 238 g/mol. The number of carbonyl (C=O) groups excluding carboxylic acids is 3. The minimum Gasteiger partial charge on any atom is -0.363 e. The number of hydrogen-bond donors (Lipinski definition) is 3. The van der Waals surface area contributed by atoms with Crippen molar-refractivity contribution in [3.05, 3.63) is 0 Å². The first-order chi connectivity index (χ1) is 8.48. The summed E-state index contributed by atoms with van der Waals surface area (Å²) in [5.74, 6) is -1.08. The fraction of sp³-hybridized carbons (Fsp3) is 0.727. The zero-order valence-electron chi connectivity index (χ0n) is 10.2. The van der Waals surface area contributed by atoms with Crippen molar-refractivity contribution in [2.45, 2.75) is 31.4 Å². The summed E-state index contributed by atoms with van der Waals surface area (Å²) in [5.41, 5.74) is -0.290. The summed E-state index contributed by atoms with van der Waals surface area (Å²) in [5, 5.41) is 7.81. The topological polar surface area (TPSA) is 96.5 Å². The molecule has 0 spiro atoms. The van der Waals surface area contributed by atoms with Crippen LogP contribution >= 0.6 is 0 Å². The molecule has 1 unspecified atom stereocenters. The first-order valence-electron chi connectivity index (χ1n) is 5.96. The second-order valence-corrected chi connectivity index (χ2v) is 4.91. The van der Waals surface area contributed by atoms with Crippen LogP contribution in [-0.4, -0.2) is 49.1 Å². The van der Waals surface area contributed by atoms with E-state index in [2.05, 4.69) is 16.0 Å². The van der Waals surface area contributed by atoms with Gasteiger partial charge in [0.1, 0.15) is 12.6 Å². The molecule has 7 nitrogen and oxygen atoms in total. The van der Waals surface area contributed by atoms with Crippen molar-refractivity contribution in [2.24, 2.45) is 0 Å². The SMILES string of the molecule is CC1(OCC(=O)NC2CCC(=O)NC2=O)CNC1. The van der Waals surface area contributed by atoms with Crippen LogP contribution in [0.25, 0.3) is 0 Å². The molecule has 0 aromatic carbocycles. The van der Waals surface area contributed by atoms with Crippen molar-refractivity contribution in [1.82, 2.24) is 16.0 Å². The van der Waals surface area contributed by atoms with Crippen molar-refractivity contribution >= 4 is 17.7 Å². The highest BCUT2D eigenvalue weighted by molar-refractivity contribution is 6.01. The Labute approximate surface area is 105 Å². The molecule has 100 valence electrons. The Hall–Kier alpha value is -1.47. The summed E-state index contributed by atoms with van der Waals surface area (Å²) >= 11 is 0. The molecule has 2 aliphatic heterocycles. The van der Waals surface area contributed by atoms with Gasteiger partial charge in [-0.3, -0.25) is 19.7 Å². The first-order valence-corrected chi connectivity index (χ1v) is 5.96. The van der Waals surface area contributed by atoms with Crippen LogP contribution < -0.4 is 16.0 Å². The lowest BCUT2D eigenvalue weighted by Crippen LogP contribution is -2.60. The van der Waals surface area contributed by atoms with E-state index in [1.807, 2.05) is 6.92 Å². The third kappa shape index (κ3) is 3.05. The molecule has 0 bridgehead atoms. The van der Waals surface area contributed by atoms with Crippen LogP contribution in [0.3, 0.4) is 0 Å². The molecule has 18 heavy (non-hydrogen) atoms. The van der Waals surface area contributed by atoms with Gasteiger partial charge >= 0.3 is 0 Å². The summed E-state index contributed by atoms with van der Waals surface area (Å²) in [6.07, 6.45) is 0.592. The van der Waals surface area contributed by atoms with Gasteiger partial charge in [0.25, 0.3) is 0 Å². The lowest BCUT2D eigenvalue weighted by Gasteiger charge is -2.38. The van der Waals surface area contributed by atoms with Crippen LogP contribution in [0.15, 0.2) is 0 Å². The summed E-state index contributed by atoms with van der Waals surface area (Å²) in [7, 11) is 0. The van der Waals surface area contributed by atoms with Gasteiger partial charge < -0.3 is 15.4 Å². The lowest BCUT2D eigenvalue weighted by molar-refractivity contribution is -0.142. The van der Waals surface area contributed by atoms with Gasteiger partial charge in [-0.25, -0.2) is 0 Å². The summed E-state index contributed by atoms with van der Waals surface area (Å²) in [6, 6.07) is -0.633. The standard InChI is InChI=1S/C11H17N3O4/c1-11(5-12-6-11)18-4-9(16)13-7-2-3-8(15)14-10(7)17/h7,12H,2-6H2,1H3,(H,13,16)(H,14,15,17). The predicted molar refractivity (Wildman–Crippen MR) is 61.5 cm³/mol. The smallest absolute Gasteiger partial charge is 0.249 e. The molecular formula is C11H17N3O4. The molecule has 7 heteroatoms. The number of amides is 3. The van der Waals surface area contributed by atoms with E-state index in [1.54, 1.807) is 0 Å². The molecule has 3 N–H and O–H groups in total. The van der Waals surface area contributed by atoms with E-state index < -0.39 is 11.9 Å². The second-order valence-electron chi connectivity index (χ2n) is 4.91. The minimum absolute atomic E-state index is 0.0735. The Morgan fingerprint density at radius 2 is 2.22 bits per heavy atom. The Morgan fingerprint density at radius 3 is 2.78 bits per heavy atom. The van der Waals surface area contributed by atoms with Gasteiger partial charge in [0, 0.05) is 19.5 Å². The summed E-state index contributed by atoms with van der Waals surface area (Å²) in [6.45, 7) is 3.29. The van der Waals surface area contributed by atoms with E-state index in [9.17, 15) is 14.4 Å². The van der Waals surface area contributed by atoms with E-state index in [0.717, 1.165) is 13.1 Å². The molecule has 2 aliphatic rings. The monoisotopic (exact) mass is 255 g/mol. The highest BCUT2D eigenvalue weighted by Crippen LogP contribution is 2.14. The third-order valence-corrected chi connectivity index (χ3v) is 3.12. The average Bonchev–Trinajstić information content (AvgIpc) is 2.28. The van der Waals surface area contributed by atoms with Crippen LogP contribution in [0.2, 0.25) is 0 Å². The molecule has 2 rings (SSSR count). The van der Waals surface area contributed by atoms with Gasteiger partial charge in [0.15, 0.2) is 0 Å². The van der Waals surface area contributed by atoms with Gasteiger partial charge in [0.2, 0.25) is 17.7 Å². The minimum atomic E-state index is -0.633. The molecule has 0 aromatic rings. The molecule has 0 aromatic heterocycles. The highest BCUT2D eigenvalue weighted by Gasteiger charge is 2.34. The van der Waals surface area contributed by atoms with Crippen LogP contribution in [0.4, 0.5) is 0 Å². The molecule has 0 aliphatic carbocycles. The normalized spacial score (nSPS) is 26.2. The van der Waals surface area contributed by atoms with E-state index in [4.69, 9.17) is 4.74 Å². The highest BCUT2D eigenvalue weighted by atomic mass is 16.5. The fourth-order valence-electron chi connectivity index (χ4n) is 1.89. The maximum atomic E-state index is 11.6. The van der Waals surface area contributed by atoms with E-state index in [-0.39, 0.29) is 30.4 Å². The van der Waals surface area contributed by atoms with Crippen molar-refractivity contribution in [3.8, 4) is 0 Å². The molecule has 2 fully saturated rings. The Kier molecular flexibility index (Phi) is 3.63. The van der Waals surface area contributed by atoms with E-state index in [0.29, 0.717) is 6.42 Å². The number of hydrogen-bond acceptors (Lipinski definition) is 5. The molecule has 1 atom stereocenters. The van der Waals surface area contributed by atoms with Gasteiger partial charge in [-0.05, 0) is 13.3 Å². The van der Waals surface area contributed by atoms with Crippen LogP contribution in [0.5, 0.6) is 0 Å². The average molecular weight is 255 g/mol. The quantitative estimate of drug-likeness (QED) is 0.520. The predicted octanol–water partition coefficient (Wildman–Crippen LogP) is -1.71. The summed E-state index contributed by atoms with van der Waals surface area (Å²) in [4.78, 5) is 33.9. The molecule has 2 saturated heterocycles. The zero-order valence-corrected chi connectivity index (χ0v) is 10.2. The van der Waals surface area contributed by atoms with Crippen molar-refractivity contribution in [1.29, 1.82) is 0 Å². The Bertz CT molecular complexity index is 378. The first kappa shape index (κ1) is 13.0. The maximum Gasteiger partial charge on any atom is 0.249 e. The van der Waals surface area contributed by atoms with Crippen molar-refractivity contribution < 1.29 is 19.1 Å². The number of piperidine rings is 1. The van der Waals surface area contributed by atoms with E-state index in [1.165, 1.54) is 0 Å². The third-order valence-electron chi connectivity index (χ3n) is 3.12. The Balaban J connectivity index is 1.73. The van der Waals surface area contributed by atoms with Crippen LogP contribution in [0, 0.1) is 0 Å². The molecule has 2 heterocycles. The molecule has 0 radical (unpaired) electrons. The second kappa shape index (κ2) is 5.03. The van der Waals surface area contributed by atoms with Crippen molar-refractivity contribution in [3.63, 3.8) is 0 Å². The molecule has 3 amide bonds. The number of carbonyl (C=O) groups is 3. The number of rotatable bonds is 4. The lowest BCUT2D eigenvalue weighted by atomic mass is 10.0. The number of imide groups is 1.